The standard InChI is InChI=1S/C11H15N3O/c12-11(5-6-11)10(15)14-8-4-9-3-1-2-7-13-9/h1-3,7H,4-6,8,12H2,(H,14,15). The summed E-state index contributed by atoms with van der Waals surface area (Å²) in [5, 5.41) is 2.83. The van der Waals surface area contributed by atoms with Gasteiger partial charge >= 0.3 is 0 Å². The molecule has 0 unspecified atom stereocenters. The van der Waals surface area contributed by atoms with E-state index in [9.17, 15) is 4.79 Å². The van der Waals surface area contributed by atoms with E-state index in [2.05, 4.69) is 10.3 Å². The van der Waals surface area contributed by atoms with Crippen LogP contribution in [-0.2, 0) is 11.2 Å². The highest BCUT2D eigenvalue weighted by Gasteiger charge is 2.45. The van der Waals surface area contributed by atoms with Crippen LogP contribution in [0.15, 0.2) is 24.4 Å². The molecule has 3 N–H and O–H groups in total. The third kappa shape index (κ3) is 2.53. The van der Waals surface area contributed by atoms with E-state index in [0.717, 1.165) is 25.0 Å². The Morgan fingerprint density at radius 2 is 2.33 bits per heavy atom. The van der Waals surface area contributed by atoms with E-state index in [1.54, 1.807) is 6.20 Å². The molecule has 1 amide bonds. The molecule has 0 aliphatic heterocycles. The van der Waals surface area contributed by atoms with Crippen molar-refractivity contribution in [2.75, 3.05) is 6.54 Å². The van der Waals surface area contributed by atoms with Crippen LogP contribution in [0.2, 0.25) is 0 Å². The van der Waals surface area contributed by atoms with Gasteiger partial charge in [0.15, 0.2) is 0 Å². The number of aromatic nitrogens is 1. The van der Waals surface area contributed by atoms with E-state index < -0.39 is 5.54 Å². The fourth-order valence-electron chi connectivity index (χ4n) is 1.39. The summed E-state index contributed by atoms with van der Waals surface area (Å²) in [4.78, 5) is 15.6. The molecule has 0 atom stereocenters. The molecule has 1 fully saturated rings. The number of nitrogens with two attached hydrogens (primary N) is 1. The van der Waals surface area contributed by atoms with Crippen molar-refractivity contribution in [1.82, 2.24) is 10.3 Å². The average molecular weight is 205 g/mol. The van der Waals surface area contributed by atoms with Crippen LogP contribution < -0.4 is 11.1 Å². The lowest BCUT2D eigenvalue weighted by atomic mass is 10.2. The second-order valence-electron chi connectivity index (χ2n) is 3.98. The SMILES string of the molecule is NC1(C(=O)NCCc2ccccn2)CC1. The van der Waals surface area contributed by atoms with Crippen LogP contribution >= 0.6 is 0 Å². The monoisotopic (exact) mass is 205 g/mol. The molecule has 1 saturated carbocycles. The Hall–Kier alpha value is -1.42. The molecule has 4 nitrogen and oxygen atoms in total. The molecule has 0 saturated heterocycles. The maximum Gasteiger partial charge on any atom is 0.240 e. The van der Waals surface area contributed by atoms with Gasteiger partial charge in [0.25, 0.3) is 0 Å². The Morgan fingerprint density at radius 1 is 1.53 bits per heavy atom. The van der Waals surface area contributed by atoms with Gasteiger partial charge in [-0.25, -0.2) is 0 Å². The Kier molecular flexibility index (Phi) is 2.68. The maximum absolute atomic E-state index is 11.5. The second kappa shape index (κ2) is 3.98. The van der Waals surface area contributed by atoms with Gasteiger partial charge in [0.05, 0.1) is 5.54 Å². The Morgan fingerprint density at radius 3 is 2.93 bits per heavy atom. The third-order valence-corrected chi connectivity index (χ3v) is 2.63. The van der Waals surface area contributed by atoms with Gasteiger partial charge in [-0.1, -0.05) is 6.07 Å². The first-order valence-corrected chi connectivity index (χ1v) is 5.18. The quantitative estimate of drug-likeness (QED) is 0.739. The first kappa shape index (κ1) is 10.1. The number of hydrogen-bond acceptors (Lipinski definition) is 3. The topological polar surface area (TPSA) is 68.0 Å². The van der Waals surface area contributed by atoms with E-state index in [-0.39, 0.29) is 5.91 Å². The first-order valence-electron chi connectivity index (χ1n) is 5.18. The summed E-state index contributed by atoms with van der Waals surface area (Å²) in [6.45, 7) is 0.606. The van der Waals surface area contributed by atoms with Crippen molar-refractivity contribution < 1.29 is 4.79 Å². The number of carbonyl (C=O) groups is 1. The van der Waals surface area contributed by atoms with Crippen LogP contribution in [0.5, 0.6) is 0 Å². The molecular formula is C11H15N3O. The summed E-state index contributed by atoms with van der Waals surface area (Å²) >= 11 is 0. The van der Waals surface area contributed by atoms with Crippen molar-refractivity contribution in [3.8, 4) is 0 Å². The number of hydrogen-bond donors (Lipinski definition) is 2. The normalized spacial score (nSPS) is 17.1. The largest absolute Gasteiger partial charge is 0.354 e. The van der Waals surface area contributed by atoms with Gasteiger partial charge in [-0.2, -0.15) is 0 Å². The molecule has 0 bridgehead atoms. The van der Waals surface area contributed by atoms with Crippen LogP contribution in [0, 0.1) is 0 Å². The lowest BCUT2D eigenvalue weighted by Crippen LogP contribution is -2.43. The molecule has 1 aliphatic carbocycles. The van der Waals surface area contributed by atoms with Gasteiger partial charge in [-0.05, 0) is 25.0 Å². The third-order valence-electron chi connectivity index (χ3n) is 2.63. The number of carbonyl (C=O) groups excluding carboxylic acids is 1. The van der Waals surface area contributed by atoms with Crippen molar-refractivity contribution in [3.63, 3.8) is 0 Å². The molecule has 4 heteroatoms. The van der Waals surface area contributed by atoms with Crippen LogP contribution in [0.1, 0.15) is 18.5 Å². The summed E-state index contributed by atoms with van der Waals surface area (Å²) in [6.07, 6.45) is 4.12. The lowest BCUT2D eigenvalue weighted by Gasteiger charge is -2.09. The average Bonchev–Trinajstić information content (AvgIpc) is 2.99. The highest BCUT2D eigenvalue weighted by Crippen LogP contribution is 2.31. The van der Waals surface area contributed by atoms with Gasteiger partial charge in [-0.3, -0.25) is 9.78 Å². The molecule has 15 heavy (non-hydrogen) atoms. The molecule has 2 rings (SSSR count). The van der Waals surface area contributed by atoms with Gasteiger partial charge < -0.3 is 11.1 Å². The number of pyridine rings is 1. The molecule has 1 aromatic rings. The van der Waals surface area contributed by atoms with Gasteiger partial charge in [0.2, 0.25) is 5.91 Å². The summed E-state index contributed by atoms with van der Waals surface area (Å²) in [7, 11) is 0. The predicted molar refractivity (Wildman–Crippen MR) is 57.1 cm³/mol. The van der Waals surface area contributed by atoms with Gasteiger partial charge in [-0.15, -0.1) is 0 Å². The van der Waals surface area contributed by atoms with Crippen LogP contribution in [0.3, 0.4) is 0 Å². The Labute approximate surface area is 88.9 Å². The lowest BCUT2D eigenvalue weighted by molar-refractivity contribution is -0.123. The van der Waals surface area contributed by atoms with Crippen molar-refractivity contribution in [3.05, 3.63) is 30.1 Å². The molecule has 0 radical (unpaired) electrons. The van der Waals surface area contributed by atoms with Gasteiger partial charge in [0, 0.05) is 24.9 Å². The second-order valence-corrected chi connectivity index (χ2v) is 3.98. The zero-order valence-corrected chi connectivity index (χ0v) is 8.57. The van der Waals surface area contributed by atoms with Crippen LogP contribution in [0.25, 0.3) is 0 Å². The molecule has 1 aliphatic rings. The number of amides is 1. The highest BCUT2D eigenvalue weighted by molar-refractivity contribution is 5.88. The first-order chi connectivity index (χ1) is 7.21. The molecule has 80 valence electrons. The predicted octanol–water partition coefficient (Wildman–Crippen LogP) is 0.232. The van der Waals surface area contributed by atoms with E-state index in [1.807, 2.05) is 18.2 Å². The number of nitrogens with one attached hydrogen (secondary N) is 1. The minimum absolute atomic E-state index is 0.0292. The smallest absolute Gasteiger partial charge is 0.240 e. The molecule has 1 heterocycles. The summed E-state index contributed by atoms with van der Waals surface area (Å²) in [5.41, 5.74) is 6.16. The fourth-order valence-corrected chi connectivity index (χ4v) is 1.39. The number of rotatable bonds is 4. The van der Waals surface area contributed by atoms with Gasteiger partial charge in [0.1, 0.15) is 0 Å². The van der Waals surface area contributed by atoms with Crippen molar-refractivity contribution >= 4 is 5.91 Å². The van der Waals surface area contributed by atoms with E-state index in [1.165, 1.54) is 0 Å². The Balaban J connectivity index is 1.73. The summed E-state index contributed by atoms with van der Waals surface area (Å²) in [6, 6.07) is 5.76. The number of nitrogens with zero attached hydrogens (tertiary/aromatic N) is 1. The summed E-state index contributed by atoms with van der Waals surface area (Å²) < 4.78 is 0. The molecule has 0 spiro atoms. The zero-order valence-electron chi connectivity index (χ0n) is 8.57. The maximum atomic E-state index is 11.5. The van der Waals surface area contributed by atoms with Crippen molar-refractivity contribution in [1.29, 1.82) is 0 Å². The Bertz CT molecular complexity index is 346. The summed E-state index contributed by atoms with van der Waals surface area (Å²) in [5.74, 6) is -0.0292. The van der Waals surface area contributed by atoms with Crippen LogP contribution in [-0.4, -0.2) is 23.0 Å². The van der Waals surface area contributed by atoms with Crippen LogP contribution in [0.4, 0.5) is 0 Å². The molecule has 0 aromatic carbocycles. The zero-order chi connectivity index (χ0) is 10.7. The molecule has 1 aromatic heterocycles. The van der Waals surface area contributed by atoms with E-state index in [4.69, 9.17) is 5.73 Å². The van der Waals surface area contributed by atoms with E-state index >= 15 is 0 Å². The van der Waals surface area contributed by atoms with Crippen molar-refractivity contribution in [2.24, 2.45) is 5.73 Å². The van der Waals surface area contributed by atoms with E-state index in [0.29, 0.717) is 6.54 Å². The minimum Gasteiger partial charge on any atom is -0.354 e. The highest BCUT2D eigenvalue weighted by atomic mass is 16.2. The molecular weight excluding hydrogens is 190 g/mol. The fraction of sp³-hybridized carbons (Fsp3) is 0.455. The minimum atomic E-state index is -0.565. The van der Waals surface area contributed by atoms with Crippen molar-refractivity contribution in [2.45, 2.75) is 24.8 Å².